The highest BCUT2D eigenvalue weighted by molar-refractivity contribution is 5.43. The Morgan fingerprint density at radius 3 is 0.891 bits per heavy atom. The predicted octanol–water partition coefficient (Wildman–Crippen LogP) is 10.5. The zero-order valence-corrected chi connectivity index (χ0v) is 28.1. The molecule has 0 saturated carbocycles. The molecule has 0 heterocycles. The van der Waals surface area contributed by atoms with Gasteiger partial charge in [0.05, 0.1) is 26.4 Å². The van der Waals surface area contributed by atoms with Gasteiger partial charge in [-0.15, -0.1) is 13.2 Å². The van der Waals surface area contributed by atoms with Crippen LogP contribution < -0.4 is 18.9 Å². The second-order valence-corrected chi connectivity index (χ2v) is 12.6. The summed E-state index contributed by atoms with van der Waals surface area (Å²) < 4.78 is 23.6. The number of hydrogen-bond donors (Lipinski definition) is 0. The van der Waals surface area contributed by atoms with Gasteiger partial charge in [0, 0.05) is 10.8 Å². The quantitative estimate of drug-likeness (QED) is 0.0774. The Labute approximate surface area is 276 Å². The fourth-order valence-electron chi connectivity index (χ4n) is 5.31. The Bertz CT molecular complexity index is 1360. The van der Waals surface area contributed by atoms with E-state index >= 15 is 0 Å². The van der Waals surface area contributed by atoms with Gasteiger partial charge in [0.25, 0.3) is 0 Å². The van der Waals surface area contributed by atoms with Crippen LogP contribution in [0.15, 0.2) is 122 Å². The molecule has 4 aromatic rings. The van der Waals surface area contributed by atoms with Crippen LogP contribution in [0, 0.1) is 0 Å². The van der Waals surface area contributed by atoms with Crippen molar-refractivity contribution in [2.45, 2.75) is 64.2 Å². The third-order valence-corrected chi connectivity index (χ3v) is 8.56. The van der Waals surface area contributed by atoms with Gasteiger partial charge in [-0.2, -0.15) is 0 Å². The maximum atomic E-state index is 6.03. The topological polar surface area (TPSA) is 36.9 Å². The first-order chi connectivity index (χ1) is 22.2. The normalized spacial score (nSPS) is 11.5. The van der Waals surface area contributed by atoms with E-state index in [2.05, 4.69) is 114 Å². The molecule has 0 atom stereocenters. The fourth-order valence-corrected chi connectivity index (χ4v) is 5.31. The highest BCUT2D eigenvalue weighted by Crippen LogP contribution is 2.35. The predicted molar refractivity (Wildman–Crippen MR) is 191 cm³/mol. The average Bonchev–Trinajstić information content (AvgIpc) is 3.07. The first-order valence-corrected chi connectivity index (χ1v) is 16.4. The smallest absolute Gasteiger partial charge is 0.119 e. The zero-order valence-electron chi connectivity index (χ0n) is 28.1. The molecule has 4 heteroatoms. The van der Waals surface area contributed by atoms with Gasteiger partial charge in [-0.1, -0.05) is 88.4 Å². The minimum atomic E-state index is -0.129. The molecule has 0 aliphatic heterocycles. The Morgan fingerprint density at radius 2 is 0.652 bits per heavy atom. The van der Waals surface area contributed by atoms with Crippen LogP contribution in [0.5, 0.6) is 23.0 Å². The number of rotatable bonds is 19. The van der Waals surface area contributed by atoms with E-state index in [0.717, 1.165) is 48.7 Å². The zero-order chi connectivity index (χ0) is 32.8. The first-order valence-electron chi connectivity index (χ1n) is 16.4. The molecule has 0 aromatic heterocycles. The van der Waals surface area contributed by atoms with E-state index in [1.807, 2.05) is 36.4 Å². The van der Waals surface area contributed by atoms with Gasteiger partial charge in [-0.05, 0) is 96.5 Å². The summed E-state index contributed by atoms with van der Waals surface area (Å²) in [6.07, 6.45) is 7.27. The van der Waals surface area contributed by atoms with Crippen LogP contribution in [0.1, 0.15) is 75.6 Å². The Morgan fingerprint density at radius 1 is 0.413 bits per heavy atom. The van der Waals surface area contributed by atoms with Crippen molar-refractivity contribution in [2.24, 2.45) is 0 Å². The van der Waals surface area contributed by atoms with Crippen LogP contribution in [0.25, 0.3) is 0 Å². The van der Waals surface area contributed by atoms with Gasteiger partial charge >= 0.3 is 0 Å². The van der Waals surface area contributed by atoms with E-state index < -0.39 is 0 Å². The second kappa shape index (κ2) is 16.7. The van der Waals surface area contributed by atoms with Gasteiger partial charge in [-0.25, -0.2) is 0 Å². The van der Waals surface area contributed by atoms with E-state index in [4.69, 9.17) is 18.9 Å². The second-order valence-electron chi connectivity index (χ2n) is 12.6. The summed E-state index contributed by atoms with van der Waals surface area (Å²) in [5.74, 6) is 3.55. The molecule has 4 aromatic carbocycles. The van der Waals surface area contributed by atoms with Crippen LogP contribution in [-0.4, -0.2) is 26.4 Å². The van der Waals surface area contributed by atoms with E-state index in [1.165, 1.54) is 22.3 Å². The van der Waals surface area contributed by atoms with Gasteiger partial charge in [-0.3, -0.25) is 0 Å². The minimum absolute atomic E-state index is 0.129. The molecule has 0 bridgehead atoms. The van der Waals surface area contributed by atoms with Crippen molar-refractivity contribution in [2.75, 3.05) is 26.4 Å². The maximum Gasteiger partial charge on any atom is 0.119 e. The molecule has 0 unspecified atom stereocenters. The lowest BCUT2D eigenvalue weighted by Gasteiger charge is -2.26. The molecule has 242 valence electrons. The molecule has 0 fully saturated rings. The molecule has 0 radical (unpaired) electrons. The standard InChI is InChI=1S/C42H50O4/c1-7-9-29-43-37-21-13-33(14-22-37)41(3,4)35-17-25-39(26-18-35)45-31-11-12-32-46-40-27-19-36(20-28-40)42(5,6)34-15-23-38(24-16-34)44-30-10-8-2/h7-8,13-28H,1-2,9-12,29-32H2,3-6H3. The van der Waals surface area contributed by atoms with Gasteiger partial charge in [0.1, 0.15) is 23.0 Å². The van der Waals surface area contributed by atoms with Gasteiger partial charge in [0.2, 0.25) is 0 Å². The van der Waals surface area contributed by atoms with Crippen LogP contribution in [0.2, 0.25) is 0 Å². The van der Waals surface area contributed by atoms with E-state index in [0.29, 0.717) is 26.4 Å². The molecule has 0 N–H and O–H groups in total. The summed E-state index contributed by atoms with van der Waals surface area (Å²) in [4.78, 5) is 0. The summed E-state index contributed by atoms with van der Waals surface area (Å²) in [6, 6.07) is 33.7. The molecule has 0 aliphatic rings. The number of benzene rings is 4. The fraction of sp³-hybridized carbons (Fsp3) is 0.333. The minimum Gasteiger partial charge on any atom is -0.494 e. The summed E-state index contributed by atoms with van der Waals surface area (Å²) in [5, 5.41) is 0. The van der Waals surface area contributed by atoms with Crippen LogP contribution in [0.3, 0.4) is 0 Å². The van der Waals surface area contributed by atoms with E-state index in [-0.39, 0.29) is 10.8 Å². The number of unbranched alkanes of at least 4 members (excludes halogenated alkanes) is 1. The monoisotopic (exact) mass is 618 g/mol. The van der Waals surface area contributed by atoms with Crippen molar-refractivity contribution in [3.63, 3.8) is 0 Å². The van der Waals surface area contributed by atoms with Crippen molar-refractivity contribution in [1.29, 1.82) is 0 Å². The average molecular weight is 619 g/mol. The Kier molecular flexibility index (Phi) is 12.5. The van der Waals surface area contributed by atoms with Crippen molar-refractivity contribution in [3.8, 4) is 23.0 Å². The lowest BCUT2D eigenvalue weighted by atomic mass is 9.78. The van der Waals surface area contributed by atoms with Crippen LogP contribution >= 0.6 is 0 Å². The molecule has 4 nitrogen and oxygen atoms in total. The molecule has 0 amide bonds. The summed E-state index contributed by atoms with van der Waals surface area (Å²) in [7, 11) is 0. The van der Waals surface area contributed by atoms with Gasteiger partial charge < -0.3 is 18.9 Å². The SMILES string of the molecule is C=CCCOc1ccc(C(C)(C)c2ccc(OCCCCOc3ccc(C(C)(C)c4ccc(OCCC=C)cc4)cc3)cc2)cc1. The summed E-state index contributed by atoms with van der Waals surface area (Å²) >= 11 is 0. The number of hydrogen-bond acceptors (Lipinski definition) is 4. The molecule has 4 rings (SSSR count). The highest BCUT2D eigenvalue weighted by Gasteiger charge is 2.24. The first kappa shape index (κ1) is 34.4. The number of ether oxygens (including phenoxy) is 4. The van der Waals surface area contributed by atoms with E-state index in [1.54, 1.807) is 0 Å². The van der Waals surface area contributed by atoms with Crippen LogP contribution in [0.4, 0.5) is 0 Å². The lowest BCUT2D eigenvalue weighted by Crippen LogP contribution is -2.18. The van der Waals surface area contributed by atoms with E-state index in [9.17, 15) is 0 Å². The maximum absolute atomic E-state index is 6.03. The molecular weight excluding hydrogens is 568 g/mol. The summed E-state index contributed by atoms with van der Waals surface area (Å²) in [5.41, 5.74) is 4.71. The Balaban J connectivity index is 1.18. The molecule has 0 saturated heterocycles. The van der Waals surface area contributed by atoms with Crippen molar-refractivity contribution < 1.29 is 18.9 Å². The molecular formula is C42H50O4. The van der Waals surface area contributed by atoms with Gasteiger partial charge in [0.15, 0.2) is 0 Å². The van der Waals surface area contributed by atoms with Crippen molar-refractivity contribution >= 4 is 0 Å². The largest absolute Gasteiger partial charge is 0.494 e. The molecule has 0 spiro atoms. The summed E-state index contributed by atoms with van der Waals surface area (Å²) in [6.45, 7) is 19.1. The lowest BCUT2D eigenvalue weighted by molar-refractivity contribution is 0.266. The van der Waals surface area contributed by atoms with Crippen molar-refractivity contribution in [1.82, 2.24) is 0 Å². The highest BCUT2D eigenvalue weighted by atomic mass is 16.5. The third-order valence-electron chi connectivity index (χ3n) is 8.56. The Hall–Kier alpha value is -4.44. The van der Waals surface area contributed by atoms with Crippen molar-refractivity contribution in [3.05, 3.63) is 145 Å². The third kappa shape index (κ3) is 9.53. The van der Waals surface area contributed by atoms with Crippen LogP contribution in [-0.2, 0) is 10.8 Å². The molecule has 0 aliphatic carbocycles. The molecule has 46 heavy (non-hydrogen) atoms.